The van der Waals surface area contributed by atoms with Gasteiger partial charge in [-0.15, -0.1) is 11.3 Å². The fraction of sp³-hybridized carbons (Fsp3) is 0.462. The summed E-state index contributed by atoms with van der Waals surface area (Å²) in [5.74, 6) is 1.12. The molecule has 0 saturated heterocycles. The largest absolute Gasteiger partial charge is 0.393 e. The highest BCUT2D eigenvalue weighted by Gasteiger charge is 2.09. The fourth-order valence-electron chi connectivity index (χ4n) is 1.77. The molecule has 1 aromatic heterocycles. The van der Waals surface area contributed by atoms with Gasteiger partial charge in [-0.1, -0.05) is 12.1 Å². The highest BCUT2D eigenvalue weighted by Crippen LogP contribution is 2.23. The first-order valence-electron chi connectivity index (χ1n) is 5.81. The van der Waals surface area contributed by atoms with E-state index in [-0.39, 0.29) is 6.10 Å². The van der Waals surface area contributed by atoms with Gasteiger partial charge in [-0.05, 0) is 37.0 Å². The molecule has 2 aromatic rings. The molecule has 2 rings (SSSR count). The summed E-state index contributed by atoms with van der Waals surface area (Å²) in [6.45, 7) is 0. The van der Waals surface area contributed by atoms with Gasteiger partial charge in [0.2, 0.25) is 0 Å². The molecule has 0 radical (unpaired) electrons. The van der Waals surface area contributed by atoms with E-state index in [2.05, 4.69) is 17.3 Å². The van der Waals surface area contributed by atoms with Crippen LogP contribution in [0.4, 0.5) is 0 Å². The van der Waals surface area contributed by atoms with Crippen LogP contribution in [0.3, 0.4) is 0 Å². The number of aliphatic hydroxyl groups is 1. The van der Waals surface area contributed by atoms with Gasteiger partial charge in [-0.25, -0.2) is 4.98 Å². The first-order chi connectivity index (χ1) is 8.29. The first-order valence-corrected chi connectivity index (χ1v) is 8.02. The monoisotopic (exact) mass is 267 g/mol. The molecule has 0 saturated carbocycles. The van der Waals surface area contributed by atoms with Gasteiger partial charge in [0.15, 0.2) is 0 Å². The lowest BCUT2D eigenvalue weighted by Gasteiger charge is -2.07. The summed E-state index contributed by atoms with van der Waals surface area (Å²) in [7, 11) is 0. The van der Waals surface area contributed by atoms with Crippen LogP contribution < -0.4 is 0 Å². The minimum atomic E-state index is -0.247. The molecule has 17 heavy (non-hydrogen) atoms. The molecule has 2 nitrogen and oxygen atoms in total. The third kappa shape index (κ3) is 3.69. The van der Waals surface area contributed by atoms with E-state index in [9.17, 15) is 5.11 Å². The number of fused-ring (bicyclic) bond motifs is 1. The fourth-order valence-corrected chi connectivity index (χ4v) is 3.27. The van der Waals surface area contributed by atoms with Crippen LogP contribution in [-0.4, -0.2) is 28.2 Å². The van der Waals surface area contributed by atoms with Crippen molar-refractivity contribution >= 4 is 33.3 Å². The van der Waals surface area contributed by atoms with Crippen LogP contribution in [0.1, 0.15) is 17.8 Å². The molecule has 0 aliphatic carbocycles. The molecule has 92 valence electrons. The second-order valence-electron chi connectivity index (χ2n) is 4.07. The number of aromatic nitrogens is 1. The maximum absolute atomic E-state index is 9.91. The number of hydrogen-bond acceptors (Lipinski definition) is 4. The SMILES string of the molecule is CSCCCC(O)Cc1nc2ccccc2s1. The van der Waals surface area contributed by atoms with Gasteiger partial charge in [-0.2, -0.15) is 11.8 Å². The van der Waals surface area contributed by atoms with Gasteiger partial charge in [0.05, 0.1) is 21.3 Å². The van der Waals surface area contributed by atoms with Crippen molar-refractivity contribution in [2.24, 2.45) is 0 Å². The van der Waals surface area contributed by atoms with Gasteiger partial charge in [0, 0.05) is 6.42 Å². The number of thioether (sulfide) groups is 1. The number of para-hydroxylation sites is 1. The molecule has 0 amide bonds. The first kappa shape index (κ1) is 12.9. The van der Waals surface area contributed by atoms with Crippen molar-refractivity contribution in [3.8, 4) is 0 Å². The average Bonchev–Trinajstić information content (AvgIpc) is 2.71. The Morgan fingerprint density at radius 2 is 2.24 bits per heavy atom. The Morgan fingerprint density at radius 1 is 1.41 bits per heavy atom. The highest BCUT2D eigenvalue weighted by atomic mass is 32.2. The molecule has 0 aliphatic heterocycles. The molecule has 1 unspecified atom stereocenters. The number of rotatable bonds is 6. The Morgan fingerprint density at radius 3 is 3.00 bits per heavy atom. The Hall–Kier alpha value is -0.580. The van der Waals surface area contributed by atoms with Crippen molar-refractivity contribution < 1.29 is 5.11 Å². The van der Waals surface area contributed by atoms with E-state index in [0.29, 0.717) is 6.42 Å². The molecule has 1 N–H and O–H groups in total. The molecule has 4 heteroatoms. The van der Waals surface area contributed by atoms with E-state index < -0.39 is 0 Å². The summed E-state index contributed by atoms with van der Waals surface area (Å²) in [5, 5.41) is 11.0. The minimum Gasteiger partial charge on any atom is -0.393 e. The average molecular weight is 267 g/mol. The molecule has 0 aliphatic rings. The van der Waals surface area contributed by atoms with Crippen molar-refractivity contribution in [1.29, 1.82) is 0 Å². The topological polar surface area (TPSA) is 33.1 Å². The highest BCUT2D eigenvalue weighted by molar-refractivity contribution is 7.98. The Labute approximate surface area is 110 Å². The molecule has 1 heterocycles. The normalized spacial score (nSPS) is 13.1. The van der Waals surface area contributed by atoms with E-state index in [0.717, 1.165) is 29.1 Å². The summed E-state index contributed by atoms with van der Waals surface area (Å²) in [5.41, 5.74) is 1.05. The van der Waals surface area contributed by atoms with Crippen LogP contribution >= 0.6 is 23.1 Å². The number of nitrogens with zero attached hydrogens (tertiary/aromatic N) is 1. The molecule has 0 spiro atoms. The molecule has 1 atom stereocenters. The van der Waals surface area contributed by atoms with Crippen LogP contribution in [0.25, 0.3) is 10.2 Å². The van der Waals surface area contributed by atoms with Crippen molar-refractivity contribution in [2.75, 3.05) is 12.0 Å². The third-order valence-corrected chi connectivity index (χ3v) is 4.39. The van der Waals surface area contributed by atoms with Gasteiger partial charge in [0.25, 0.3) is 0 Å². The van der Waals surface area contributed by atoms with Crippen LogP contribution in [0, 0.1) is 0 Å². The zero-order chi connectivity index (χ0) is 12.1. The predicted molar refractivity (Wildman–Crippen MR) is 76.9 cm³/mol. The van der Waals surface area contributed by atoms with E-state index in [1.165, 1.54) is 4.70 Å². The maximum atomic E-state index is 9.91. The van der Waals surface area contributed by atoms with E-state index in [1.54, 1.807) is 11.3 Å². The molecule has 1 aromatic carbocycles. The summed E-state index contributed by atoms with van der Waals surface area (Å²) in [4.78, 5) is 4.53. The van der Waals surface area contributed by atoms with Crippen molar-refractivity contribution in [3.63, 3.8) is 0 Å². The second kappa shape index (κ2) is 6.38. The minimum absolute atomic E-state index is 0.247. The Kier molecular flexibility index (Phi) is 4.83. The molecule has 0 bridgehead atoms. The molecular weight excluding hydrogens is 250 g/mol. The number of benzene rings is 1. The lowest BCUT2D eigenvalue weighted by atomic mass is 10.1. The maximum Gasteiger partial charge on any atom is 0.0964 e. The summed E-state index contributed by atoms with van der Waals surface area (Å²) >= 11 is 3.52. The number of hydrogen-bond donors (Lipinski definition) is 1. The lowest BCUT2D eigenvalue weighted by molar-refractivity contribution is 0.164. The van der Waals surface area contributed by atoms with Crippen LogP contribution in [-0.2, 0) is 6.42 Å². The van der Waals surface area contributed by atoms with Gasteiger partial charge in [-0.3, -0.25) is 0 Å². The number of thiazole rings is 1. The second-order valence-corrected chi connectivity index (χ2v) is 6.17. The standard InChI is InChI=1S/C13H17NOS2/c1-16-8-4-5-10(15)9-13-14-11-6-2-3-7-12(11)17-13/h2-3,6-7,10,15H,4-5,8-9H2,1H3. The Bertz CT molecular complexity index is 436. The zero-order valence-electron chi connectivity index (χ0n) is 9.93. The van der Waals surface area contributed by atoms with Gasteiger partial charge in [0.1, 0.15) is 0 Å². The van der Waals surface area contributed by atoms with E-state index in [4.69, 9.17) is 0 Å². The van der Waals surface area contributed by atoms with Crippen molar-refractivity contribution in [1.82, 2.24) is 4.98 Å². The quantitative estimate of drug-likeness (QED) is 0.815. The number of aliphatic hydroxyl groups excluding tert-OH is 1. The van der Waals surface area contributed by atoms with Gasteiger partial charge < -0.3 is 5.11 Å². The summed E-state index contributed by atoms with van der Waals surface area (Å²) in [6.07, 6.45) is 4.49. The predicted octanol–water partition coefficient (Wildman–Crippen LogP) is 3.34. The zero-order valence-corrected chi connectivity index (χ0v) is 11.6. The van der Waals surface area contributed by atoms with Crippen LogP contribution in [0.5, 0.6) is 0 Å². The summed E-state index contributed by atoms with van der Waals surface area (Å²) in [6, 6.07) is 8.13. The lowest BCUT2D eigenvalue weighted by Crippen LogP contribution is -2.10. The smallest absolute Gasteiger partial charge is 0.0964 e. The van der Waals surface area contributed by atoms with E-state index in [1.807, 2.05) is 30.0 Å². The van der Waals surface area contributed by atoms with Crippen molar-refractivity contribution in [2.45, 2.75) is 25.4 Å². The van der Waals surface area contributed by atoms with Gasteiger partial charge >= 0.3 is 0 Å². The Balaban J connectivity index is 1.93. The molecule has 0 fully saturated rings. The van der Waals surface area contributed by atoms with E-state index >= 15 is 0 Å². The summed E-state index contributed by atoms with van der Waals surface area (Å²) < 4.78 is 1.21. The molecular formula is C13H17NOS2. The van der Waals surface area contributed by atoms with Crippen molar-refractivity contribution in [3.05, 3.63) is 29.3 Å². The van der Waals surface area contributed by atoms with Crippen LogP contribution in [0.2, 0.25) is 0 Å². The van der Waals surface area contributed by atoms with Crippen LogP contribution in [0.15, 0.2) is 24.3 Å². The third-order valence-electron chi connectivity index (χ3n) is 2.63.